The van der Waals surface area contributed by atoms with Crippen molar-refractivity contribution in [2.24, 2.45) is 0 Å². The molecule has 1 aromatic heterocycles. The molecule has 0 saturated carbocycles. The number of esters is 1. The van der Waals surface area contributed by atoms with Crippen LogP contribution in [-0.4, -0.2) is 32.3 Å². The first-order chi connectivity index (χ1) is 8.70. The summed E-state index contributed by atoms with van der Waals surface area (Å²) in [5.41, 5.74) is 0. The van der Waals surface area contributed by atoms with Crippen molar-refractivity contribution in [1.82, 2.24) is 5.32 Å². The SMILES string of the molecule is COC(=O)c1ccc(C(C)NCC2CCCO2)o1. The zero-order valence-corrected chi connectivity index (χ0v) is 10.8. The lowest BCUT2D eigenvalue weighted by molar-refractivity contribution is 0.0561. The Morgan fingerprint density at radius 1 is 1.61 bits per heavy atom. The molecule has 0 bridgehead atoms. The Morgan fingerprint density at radius 3 is 3.11 bits per heavy atom. The van der Waals surface area contributed by atoms with Crippen LogP contribution in [0.2, 0.25) is 0 Å². The van der Waals surface area contributed by atoms with Crippen LogP contribution in [0.4, 0.5) is 0 Å². The maximum Gasteiger partial charge on any atom is 0.373 e. The number of carbonyl (C=O) groups excluding carboxylic acids is 1. The van der Waals surface area contributed by atoms with Crippen LogP contribution in [0.1, 0.15) is 42.1 Å². The Kier molecular flexibility index (Phi) is 4.38. The third-order valence-electron chi connectivity index (χ3n) is 3.12. The van der Waals surface area contributed by atoms with Crippen LogP contribution < -0.4 is 5.32 Å². The molecule has 2 atom stereocenters. The number of nitrogens with one attached hydrogen (secondary N) is 1. The molecule has 18 heavy (non-hydrogen) atoms. The second kappa shape index (κ2) is 6.02. The van der Waals surface area contributed by atoms with Gasteiger partial charge in [-0.3, -0.25) is 0 Å². The molecule has 0 aromatic carbocycles. The maximum atomic E-state index is 11.3. The van der Waals surface area contributed by atoms with Crippen LogP contribution in [-0.2, 0) is 9.47 Å². The summed E-state index contributed by atoms with van der Waals surface area (Å²) in [4.78, 5) is 11.3. The summed E-state index contributed by atoms with van der Waals surface area (Å²) in [6.07, 6.45) is 2.53. The molecule has 0 radical (unpaired) electrons. The lowest BCUT2D eigenvalue weighted by atomic mass is 10.2. The molecule has 2 heterocycles. The van der Waals surface area contributed by atoms with Crippen LogP contribution in [0.3, 0.4) is 0 Å². The summed E-state index contributed by atoms with van der Waals surface area (Å²) >= 11 is 0. The van der Waals surface area contributed by atoms with E-state index < -0.39 is 5.97 Å². The molecule has 0 spiro atoms. The quantitative estimate of drug-likeness (QED) is 0.812. The van der Waals surface area contributed by atoms with Crippen molar-refractivity contribution in [2.45, 2.75) is 31.9 Å². The number of methoxy groups -OCH3 is 1. The largest absolute Gasteiger partial charge is 0.463 e. The van der Waals surface area contributed by atoms with Gasteiger partial charge in [-0.2, -0.15) is 0 Å². The molecule has 100 valence electrons. The van der Waals surface area contributed by atoms with Crippen LogP contribution in [0.15, 0.2) is 16.5 Å². The second-order valence-corrected chi connectivity index (χ2v) is 4.46. The van der Waals surface area contributed by atoms with Crippen LogP contribution in [0, 0.1) is 0 Å². The standard InChI is InChI=1S/C13H19NO4/c1-9(14-8-10-4-3-7-17-10)11-5-6-12(18-11)13(15)16-2/h5-6,9-10,14H,3-4,7-8H2,1-2H3. The Bertz CT molecular complexity index is 395. The van der Waals surface area contributed by atoms with Gasteiger partial charge in [0.05, 0.1) is 19.3 Å². The molecule has 5 heteroatoms. The first-order valence-corrected chi connectivity index (χ1v) is 6.23. The van der Waals surface area contributed by atoms with Crippen molar-refractivity contribution < 1.29 is 18.7 Å². The highest BCUT2D eigenvalue weighted by Gasteiger charge is 2.18. The molecule has 1 aliphatic heterocycles. The molecule has 1 N–H and O–H groups in total. The van der Waals surface area contributed by atoms with Crippen molar-refractivity contribution >= 4 is 5.97 Å². The van der Waals surface area contributed by atoms with E-state index in [9.17, 15) is 4.79 Å². The molecule has 0 amide bonds. The summed E-state index contributed by atoms with van der Waals surface area (Å²) in [7, 11) is 1.34. The molecule has 1 saturated heterocycles. The summed E-state index contributed by atoms with van der Waals surface area (Å²) in [5.74, 6) is 0.513. The van der Waals surface area contributed by atoms with E-state index in [1.54, 1.807) is 12.1 Å². The molecule has 1 aromatic rings. The monoisotopic (exact) mass is 253 g/mol. The van der Waals surface area contributed by atoms with E-state index in [1.165, 1.54) is 7.11 Å². The Labute approximate surface area is 106 Å². The molecule has 2 unspecified atom stereocenters. The lowest BCUT2D eigenvalue weighted by Gasteiger charge is -2.15. The smallest absolute Gasteiger partial charge is 0.373 e. The molecule has 0 aliphatic carbocycles. The van der Waals surface area contributed by atoms with Crippen molar-refractivity contribution in [3.05, 3.63) is 23.7 Å². The highest BCUT2D eigenvalue weighted by atomic mass is 16.5. The average Bonchev–Trinajstić information content (AvgIpc) is 3.05. The topological polar surface area (TPSA) is 60.7 Å². The summed E-state index contributed by atoms with van der Waals surface area (Å²) in [6, 6.07) is 3.47. The van der Waals surface area contributed by atoms with Gasteiger partial charge in [0.1, 0.15) is 5.76 Å². The highest BCUT2D eigenvalue weighted by Crippen LogP contribution is 2.18. The minimum Gasteiger partial charge on any atom is -0.463 e. The Hall–Kier alpha value is -1.33. The van der Waals surface area contributed by atoms with Crippen molar-refractivity contribution in [3.63, 3.8) is 0 Å². The van der Waals surface area contributed by atoms with E-state index in [0.29, 0.717) is 6.10 Å². The van der Waals surface area contributed by atoms with Gasteiger partial charge >= 0.3 is 5.97 Å². The van der Waals surface area contributed by atoms with Gasteiger partial charge in [0.25, 0.3) is 0 Å². The minimum atomic E-state index is -0.451. The number of rotatable bonds is 5. The van der Waals surface area contributed by atoms with Crippen molar-refractivity contribution in [3.8, 4) is 0 Å². The number of hydrogen-bond acceptors (Lipinski definition) is 5. The van der Waals surface area contributed by atoms with E-state index in [0.717, 1.165) is 31.8 Å². The fraction of sp³-hybridized carbons (Fsp3) is 0.615. The van der Waals surface area contributed by atoms with Gasteiger partial charge in [-0.05, 0) is 31.9 Å². The van der Waals surface area contributed by atoms with Crippen LogP contribution in [0.25, 0.3) is 0 Å². The summed E-state index contributed by atoms with van der Waals surface area (Å²) < 4.78 is 15.6. The predicted molar refractivity (Wildman–Crippen MR) is 65.4 cm³/mol. The van der Waals surface area contributed by atoms with Gasteiger partial charge < -0.3 is 19.2 Å². The maximum absolute atomic E-state index is 11.3. The van der Waals surface area contributed by atoms with Gasteiger partial charge in [-0.15, -0.1) is 0 Å². The first kappa shape index (κ1) is 13.1. The van der Waals surface area contributed by atoms with Gasteiger partial charge in [0, 0.05) is 13.2 Å². The van der Waals surface area contributed by atoms with E-state index >= 15 is 0 Å². The number of ether oxygens (including phenoxy) is 2. The zero-order valence-electron chi connectivity index (χ0n) is 10.8. The molecular weight excluding hydrogens is 234 g/mol. The summed E-state index contributed by atoms with van der Waals surface area (Å²) in [5, 5.41) is 3.34. The number of hydrogen-bond donors (Lipinski definition) is 1. The average molecular weight is 253 g/mol. The Morgan fingerprint density at radius 2 is 2.44 bits per heavy atom. The van der Waals surface area contributed by atoms with E-state index in [-0.39, 0.29) is 11.8 Å². The number of furan rings is 1. The highest BCUT2D eigenvalue weighted by molar-refractivity contribution is 5.86. The first-order valence-electron chi connectivity index (χ1n) is 6.23. The molecule has 1 fully saturated rings. The second-order valence-electron chi connectivity index (χ2n) is 4.46. The zero-order chi connectivity index (χ0) is 13.0. The third-order valence-corrected chi connectivity index (χ3v) is 3.12. The van der Waals surface area contributed by atoms with Gasteiger partial charge in [0.15, 0.2) is 0 Å². The van der Waals surface area contributed by atoms with Crippen molar-refractivity contribution in [1.29, 1.82) is 0 Å². The van der Waals surface area contributed by atoms with Gasteiger partial charge in [0.2, 0.25) is 5.76 Å². The molecule has 5 nitrogen and oxygen atoms in total. The Balaban J connectivity index is 1.85. The third kappa shape index (κ3) is 3.11. The van der Waals surface area contributed by atoms with Gasteiger partial charge in [-0.25, -0.2) is 4.79 Å². The van der Waals surface area contributed by atoms with Crippen molar-refractivity contribution in [2.75, 3.05) is 20.3 Å². The fourth-order valence-electron chi connectivity index (χ4n) is 2.01. The van der Waals surface area contributed by atoms with Crippen LogP contribution >= 0.6 is 0 Å². The van der Waals surface area contributed by atoms with E-state index in [1.807, 2.05) is 6.92 Å². The number of carbonyl (C=O) groups is 1. The molecule has 2 rings (SSSR count). The summed E-state index contributed by atoms with van der Waals surface area (Å²) in [6.45, 7) is 3.65. The van der Waals surface area contributed by atoms with Gasteiger partial charge in [-0.1, -0.05) is 0 Å². The predicted octanol–water partition coefficient (Wildman–Crippen LogP) is 1.90. The lowest BCUT2D eigenvalue weighted by Crippen LogP contribution is -2.28. The fourth-order valence-corrected chi connectivity index (χ4v) is 2.01. The minimum absolute atomic E-state index is 0.0487. The molecule has 1 aliphatic rings. The molecular formula is C13H19NO4. The van der Waals surface area contributed by atoms with E-state index in [4.69, 9.17) is 9.15 Å². The van der Waals surface area contributed by atoms with E-state index in [2.05, 4.69) is 10.1 Å². The normalized spacial score (nSPS) is 20.9. The van der Waals surface area contributed by atoms with Crippen LogP contribution in [0.5, 0.6) is 0 Å².